The molecule has 3 aliphatic rings. The first-order valence-corrected chi connectivity index (χ1v) is 13.6. The minimum atomic E-state index is -0.278. The highest BCUT2D eigenvalue weighted by Gasteiger charge is 2.48. The molecule has 0 saturated carbocycles. The highest BCUT2D eigenvalue weighted by atomic mass is 32.2. The van der Waals surface area contributed by atoms with Gasteiger partial charge in [-0.15, -0.1) is 0 Å². The van der Waals surface area contributed by atoms with E-state index in [0.29, 0.717) is 5.52 Å². The molecule has 5 heterocycles. The Labute approximate surface area is 214 Å². The van der Waals surface area contributed by atoms with E-state index >= 15 is 0 Å². The van der Waals surface area contributed by atoms with Gasteiger partial charge >= 0.3 is 0 Å². The second-order valence-corrected chi connectivity index (χ2v) is 11.0. The Morgan fingerprint density at radius 3 is 2.64 bits per heavy atom. The molecule has 0 unspecified atom stereocenters. The third-order valence-electron chi connectivity index (χ3n) is 7.77. The van der Waals surface area contributed by atoms with Crippen LogP contribution in [0.3, 0.4) is 0 Å². The summed E-state index contributed by atoms with van der Waals surface area (Å²) in [6.45, 7) is 6.37. The lowest BCUT2D eigenvalue weighted by Crippen LogP contribution is -2.43. The summed E-state index contributed by atoms with van der Waals surface area (Å²) in [4.78, 5) is 14.4. The fraction of sp³-hybridized carbons (Fsp3) is 0.310. The molecule has 0 atom stereocenters. The van der Waals surface area contributed by atoms with Gasteiger partial charge in [0, 0.05) is 71.1 Å². The van der Waals surface area contributed by atoms with Crippen molar-refractivity contribution in [3.63, 3.8) is 0 Å². The number of thioether (sulfide) groups is 1. The van der Waals surface area contributed by atoms with Crippen molar-refractivity contribution < 1.29 is 9.13 Å². The van der Waals surface area contributed by atoms with Crippen LogP contribution in [0.25, 0.3) is 22.3 Å². The average molecular weight is 499 g/mol. The summed E-state index contributed by atoms with van der Waals surface area (Å²) in [6, 6.07) is 17.8. The molecule has 2 aromatic heterocycles. The number of halogens is 1. The molecule has 0 bridgehead atoms. The van der Waals surface area contributed by atoms with Crippen LogP contribution >= 0.6 is 11.8 Å². The van der Waals surface area contributed by atoms with Gasteiger partial charge in [0.15, 0.2) is 0 Å². The van der Waals surface area contributed by atoms with E-state index in [1.165, 1.54) is 16.9 Å². The maximum Gasteiger partial charge on any atom is 0.125 e. The van der Waals surface area contributed by atoms with Gasteiger partial charge < -0.3 is 14.5 Å². The Hall–Kier alpha value is -3.16. The molecule has 36 heavy (non-hydrogen) atoms. The molecule has 7 rings (SSSR count). The van der Waals surface area contributed by atoms with Gasteiger partial charge in [0.2, 0.25) is 0 Å². The number of morpholine rings is 1. The van der Waals surface area contributed by atoms with E-state index < -0.39 is 0 Å². The van der Waals surface area contributed by atoms with E-state index in [0.717, 1.165) is 72.4 Å². The first-order chi connectivity index (χ1) is 17.6. The second kappa shape index (κ2) is 8.46. The van der Waals surface area contributed by atoms with Crippen LogP contribution in [0.15, 0.2) is 60.8 Å². The van der Waals surface area contributed by atoms with Crippen molar-refractivity contribution in [3.05, 3.63) is 77.7 Å². The highest BCUT2D eigenvalue weighted by molar-refractivity contribution is 8.00. The average Bonchev–Trinajstić information content (AvgIpc) is 3.24. The Morgan fingerprint density at radius 1 is 1.03 bits per heavy atom. The molecular weight excluding hydrogens is 471 g/mol. The predicted molar refractivity (Wildman–Crippen MR) is 145 cm³/mol. The van der Waals surface area contributed by atoms with E-state index in [-0.39, 0.29) is 11.2 Å². The number of ether oxygens (including phenoxy) is 1. The number of hydrogen-bond acceptors (Lipinski definition) is 6. The van der Waals surface area contributed by atoms with E-state index in [1.54, 1.807) is 18.3 Å². The fourth-order valence-corrected chi connectivity index (χ4v) is 7.08. The van der Waals surface area contributed by atoms with Gasteiger partial charge in [0.05, 0.1) is 35.8 Å². The number of hydrogen-bond donors (Lipinski definition) is 0. The van der Waals surface area contributed by atoms with E-state index in [1.807, 2.05) is 36.0 Å². The molecule has 2 saturated heterocycles. The van der Waals surface area contributed by atoms with Crippen molar-refractivity contribution in [1.29, 1.82) is 0 Å². The molecule has 7 heteroatoms. The topological polar surface area (TPSA) is 41.5 Å². The fourth-order valence-electron chi connectivity index (χ4n) is 5.89. The molecule has 2 aromatic carbocycles. The Bertz CT molecular complexity index is 1470. The van der Waals surface area contributed by atoms with Gasteiger partial charge in [0.1, 0.15) is 5.82 Å². The summed E-state index contributed by atoms with van der Waals surface area (Å²) in [6.07, 6.45) is 1.78. The summed E-state index contributed by atoms with van der Waals surface area (Å²) in [7, 11) is 0. The van der Waals surface area contributed by atoms with Crippen molar-refractivity contribution in [3.8, 4) is 11.4 Å². The summed E-state index contributed by atoms with van der Waals surface area (Å²) in [5.74, 6) is 1.97. The zero-order chi connectivity index (χ0) is 24.3. The molecular formula is C29H27FN4OS. The zero-order valence-corrected chi connectivity index (χ0v) is 21.0. The van der Waals surface area contributed by atoms with Crippen LogP contribution in [-0.4, -0.2) is 54.3 Å². The normalized spacial score (nSPS) is 18.5. The molecule has 0 radical (unpaired) electrons. The van der Waals surface area contributed by atoms with E-state index in [2.05, 4.69) is 39.9 Å². The lowest BCUT2D eigenvalue weighted by molar-refractivity contribution is 0.122. The van der Waals surface area contributed by atoms with Gasteiger partial charge in [-0.1, -0.05) is 12.1 Å². The van der Waals surface area contributed by atoms with Crippen LogP contribution in [0.5, 0.6) is 0 Å². The third-order valence-corrected chi connectivity index (χ3v) is 9.29. The van der Waals surface area contributed by atoms with Gasteiger partial charge in [-0.2, -0.15) is 11.8 Å². The SMILES string of the molecule is Cc1c(-c2ccccn2)nc2cc(F)ccc2c1N1CC2(CSC2)c2ccc(N3CCOCC3)cc21. The monoisotopic (exact) mass is 498 g/mol. The molecule has 3 aliphatic heterocycles. The molecule has 0 N–H and O–H groups in total. The standard InChI is InChI=1S/C29H27FN4OS/c1-19-27(24-4-2-3-9-31-24)32-25-14-20(30)5-7-22(25)28(19)34-16-29(17-36-18-29)23-8-6-21(15-26(23)34)33-10-12-35-13-11-33/h2-9,14-15H,10-13,16-18H2,1H3. The Balaban J connectivity index is 1.45. The molecule has 5 nitrogen and oxygen atoms in total. The van der Waals surface area contributed by atoms with Gasteiger partial charge in [-0.05, 0) is 48.9 Å². The summed E-state index contributed by atoms with van der Waals surface area (Å²) >= 11 is 2.01. The van der Waals surface area contributed by atoms with Crippen LogP contribution < -0.4 is 9.80 Å². The van der Waals surface area contributed by atoms with Gasteiger partial charge in [-0.25, -0.2) is 9.37 Å². The molecule has 182 valence electrons. The zero-order valence-electron chi connectivity index (χ0n) is 20.2. The Morgan fingerprint density at radius 2 is 1.89 bits per heavy atom. The number of rotatable bonds is 3. The van der Waals surface area contributed by atoms with Gasteiger partial charge in [0.25, 0.3) is 0 Å². The number of aromatic nitrogens is 2. The minimum Gasteiger partial charge on any atom is -0.378 e. The van der Waals surface area contributed by atoms with Crippen molar-refractivity contribution in [2.75, 3.05) is 54.2 Å². The van der Waals surface area contributed by atoms with Crippen molar-refractivity contribution in [1.82, 2.24) is 9.97 Å². The van der Waals surface area contributed by atoms with Crippen LogP contribution in [0.2, 0.25) is 0 Å². The van der Waals surface area contributed by atoms with Gasteiger partial charge in [-0.3, -0.25) is 4.98 Å². The smallest absolute Gasteiger partial charge is 0.125 e. The largest absolute Gasteiger partial charge is 0.378 e. The minimum absolute atomic E-state index is 0.150. The van der Waals surface area contributed by atoms with Crippen molar-refractivity contribution in [2.24, 2.45) is 0 Å². The third kappa shape index (κ3) is 3.40. The quantitative estimate of drug-likeness (QED) is 0.360. The predicted octanol–water partition coefficient (Wildman–Crippen LogP) is 5.72. The number of pyridine rings is 2. The number of anilines is 3. The first kappa shape index (κ1) is 22.1. The van der Waals surface area contributed by atoms with Crippen LogP contribution in [0, 0.1) is 12.7 Å². The van der Waals surface area contributed by atoms with E-state index in [4.69, 9.17) is 9.72 Å². The highest BCUT2D eigenvalue weighted by Crippen LogP contribution is 2.55. The number of benzene rings is 2. The lowest BCUT2D eigenvalue weighted by atomic mass is 9.85. The van der Waals surface area contributed by atoms with Crippen LogP contribution in [0.1, 0.15) is 11.1 Å². The molecule has 0 aliphatic carbocycles. The number of fused-ring (bicyclic) bond motifs is 3. The molecule has 0 amide bonds. The van der Waals surface area contributed by atoms with E-state index in [9.17, 15) is 4.39 Å². The maximum absolute atomic E-state index is 14.4. The van der Waals surface area contributed by atoms with Crippen molar-refractivity contribution >= 4 is 39.7 Å². The summed E-state index contributed by atoms with van der Waals surface area (Å²) in [5, 5.41) is 0.973. The summed E-state index contributed by atoms with van der Waals surface area (Å²) < 4.78 is 20.0. The second-order valence-electron chi connectivity index (χ2n) is 9.97. The molecule has 2 fully saturated rings. The lowest BCUT2D eigenvalue weighted by Gasteiger charge is -2.38. The van der Waals surface area contributed by atoms with Crippen LogP contribution in [0.4, 0.5) is 21.5 Å². The maximum atomic E-state index is 14.4. The van der Waals surface area contributed by atoms with Crippen molar-refractivity contribution in [2.45, 2.75) is 12.3 Å². The number of nitrogens with zero attached hydrogens (tertiary/aromatic N) is 4. The summed E-state index contributed by atoms with van der Waals surface area (Å²) in [5.41, 5.74) is 8.50. The first-order valence-electron chi connectivity index (χ1n) is 12.5. The molecule has 4 aromatic rings. The molecule has 1 spiro atoms. The Kier molecular flexibility index (Phi) is 5.18. The van der Waals surface area contributed by atoms with Crippen LogP contribution in [-0.2, 0) is 10.2 Å².